The Bertz CT molecular complexity index is 760. The molecule has 0 amide bonds. The van der Waals surface area contributed by atoms with Crippen LogP contribution in [0.25, 0.3) is 0 Å². The molecule has 26 heavy (non-hydrogen) atoms. The number of rotatable bonds is 4. The highest BCUT2D eigenvalue weighted by atomic mass is 19.4. The number of pyridine rings is 1. The van der Waals surface area contributed by atoms with Crippen LogP contribution in [0.5, 0.6) is 0 Å². The van der Waals surface area contributed by atoms with Gasteiger partial charge in [0.05, 0.1) is 5.56 Å². The van der Waals surface area contributed by atoms with Crippen LogP contribution in [0, 0.1) is 17.2 Å². The lowest BCUT2D eigenvalue weighted by Crippen LogP contribution is -2.47. The van der Waals surface area contributed by atoms with E-state index in [1.807, 2.05) is 6.92 Å². The van der Waals surface area contributed by atoms with Gasteiger partial charge in [-0.05, 0) is 31.7 Å². The largest absolute Gasteiger partial charge is 0.481 e. The predicted molar refractivity (Wildman–Crippen MR) is 88.0 cm³/mol. The first-order chi connectivity index (χ1) is 12.2. The molecule has 6 nitrogen and oxygen atoms in total. The Morgan fingerprint density at radius 1 is 1.42 bits per heavy atom. The lowest BCUT2D eigenvalue weighted by molar-refractivity contribution is -0.138. The minimum Gasteiger partial charge on any atom is -0.481 e. The topological polar surface area (TPSA) is 80.5 Å². The molecule has 1 aromatic rings. The first kappa shape index (κ1) is 18.3. The molecular weight excluding hydrogens is 349 g/mol. The van der Waals surface area contributed by atoms with Gasteiger partial charge in [-0.1, -0.05) is 0 Å². The summed E-state index contributed by atoms with van der Waals surface area (Å²) in [6, 6.07) is 2.62. The van der Waals surface area contributed by atoms with E-state index in [1.165, 1.54) is 0 Å². The SMILES string of the molecule is CC1CCN1c1nc(N2CCC(CC(=O)O)C2)cc(C(F)(F)F)c1C#N. The second kappa shape index (κ2) is 6.67. The van der Waals surface area contributed by atoms with E-state index in [0.29, 0.717) is 26.1 Å². The number of carbonyl (C=O) groups is 1. The highest BCUT2D eigenvalue weighted by Gasteiger charge is 2.39. The number of nitrogens with zero attached hydrogens (tertiary/aromatic N) is 4. The van der Waals surface area contributed by atoms with Crippen molar-refractivity contribution in [3.8, 4) is 6.07 Å². The van der Waals surface area contributed by atoms with E-state index >= 15 is 0 Å². The van der Waals surface area contributed by atoms with Crippen LogP contribution < -0.4 is 9.80 Å². The second-order valence-electron chi connectivity index (χ2n) is 6.87. The highest BCUT2D eigenvalue weighted by Crippen LogP contribution is 2.40. The Kier molecular flexibility index (Phi) is 4.69. The van der Waals surface area contributed by atoms with E-state index < -0.39 is 23.3 Å². The van der Waals surface area contributed by atoms with Crippen molar-refractivity contribution < 1.29 is 23.1 Å². The average molecular weight is 368 g/mol. The molecular formula is C17H19F3N4O2. The maximum atomic E-state index is 13.5. The first-order valence-corrected chi connectivity index (χ1v) is 8.46. The Hall–Kier alpha value is -2.50. The van der Waals surface area contributed by atoms with Crippen molar-refractivity contribution in [3.63, 3.8) is 0 Å². The molecule has 0 saturated carbocycles. The summed E-state index contributed by atoms with van der Waals surface area (Å²) in [7, 11) is 0. The third kappa shape index (κ3) is 3.41. The lowest BCUT2D eigenvalue weighted by Gasteiger charge is -2.40. The van der Waals surface area contributed by atoms with E-state index in [1.54, 1.807) is 15.9 Å². The van der Waals surface area contributed by atoms with Crippen molar-refractivity contribution in [1.82, 2.24) is 4.98 Å². The zero-order valence-electron chi connectivity index (χ0n) is 14.3. The number of halogens is 3. The van der Waals surface area contributed by atoms with E-state index in [0.717, 1.165) is 12.5 Å². The predicted octanol–water partition coefficient (Wildman–Crippen LogP) is 2.87. The molecule has 1 aromatic heterocycles. The first-order valence-electron chi connectivity index (χ1n) is 8.46. The Labute approximate surface area is 148 Å². The van der Waals surface area contributed by atoms with E-state index in [-0.39, 0.29) is 30.0 Å². The fourth-order valence-electron chi connectivity index (χ4n) is 3.51. The Morgan fingerprint density at radius 3 is 2.65 bits per heavy atom. The maximum Gasteiger partial charge on any atom is 0.417 e. The summed E-state index contributed by atoms with van der Waals surface area (Å²) in [5.41, 5.74) is -1.44. The number of nitriles is 1. The molecule has 0 bridgehead atoms. The zero-order valence-corrected chi connectivity index (χ0v) is 14.3. The fraction of sp³-hybridized carbons (Fsp3) is 0.588. The standard InChI is InChI=1S/C17H19F3N4O2/c1-10-2-5-24(10)16-12(8-21)13(17(18,19)20)7-14(22-16)23-4-3-11(9-23)6-15(25)26/h7,10-11H,2-6,9H2,1H3,(H,25,26). The van der Waals surface area contributed by atoms with Gasteiger partial charge in [-0.15, -0.1) is 0 Å². The molecule has 0 spiro atoms. The van der Waals surface area contributed by atoms with E-state index in [9.17, 15) is 23.2 Å². The zero-order chi connectivity index (χ0) is 19.1. The van der Waals surface area contributed by atoms with Gasteiger partial charge in [-0.2, -0.15) is 18.4 Å². The number of carboxylic acid groups (broad SMARTS) is 1. The highest BCUT2D eigenvalue weighted by molar-refractivity contribution is 5.68. The number of aliphatic carboxylic acids is 1. The van der Waals surface area contributed by atoms with Crippen LogP contribution in [0.4, 0.5) is 24.8 Å². The van der Waals surface area contributed by atoms with E-state index in [2.05, 4.69) is 4.98 Å². The lowest BCUT2D eigenvalue weighted by atomic mass is 10.0. The molecule has 2 fully saturated rings. The van der Waals surface area contributed by atoms with Crippen LogP contribution in [0.3, 0.4) is 0 Å². The number of anilines is 2. The van der Waals surface area contributed by atoms with Gasteiger partial charge < -0.3 is 14.9 Å². The van der Waals surface area contributed by atoms with Crippen LogP contribution in [0.1, 0.15) is 37.3 Å². The summed E-state index contributed by atoms with van der Waals surface area (Å²) < 4.78 is 40.6. The molecule has 1 N–H and O–H groups in total. The molecule has 140 valence electrons. The summed E-state index contributed by atoms with van der Waals surface area (Å²) in [6.07, 6.45) is -3.26. The van der Waals surface area contributed by atoms with Crippen LogP contribution in [0.2, 0.25) is 0 Å². The van der Waals surface area contributed by atoms with Crippen molar-refractivity contribution in [3.05, 3.63) is 17.2 Å². The molecule has 2 unspecified atom stereocenters. The molecule has 9 heteroatoms. The van der Waals surface area contributed by atoms with Crippen molar-refractivity contribution >= 4 is 17.6 Å². The quantitative estimate of drug-likeness (QED) is 0.880. The van der Waals surface area contributed by atoms with Gasteiger partial charge in [0.2, 0.25) is 0 Å². The Morgan fingerprint density at radius 2 is 2.15 bits per heavy atom. The molecule has 0 radical (unpaired) electrons. The van der Waals surface area contributed by atoms with Crippen LogP contribution in [0.15, 0.2) is 6.07 Å². The average Bonchev–Trinajstić information content (AvgIpc) is 2.99. The van der Waals surface area contributed by atoms with Crippen LogP contribution in [-0.2, 0) is 11.0 Å². The molecule has 3 rings (SSSR count). The third-order valence-corrected chi connectivity index (χ3v) is 5.07. The van der Waals surface area contributed by atoms with Gasteiger partial charge in [0.15, 0.2) is 0 Å². The molecule has 0 aliphatic carbocycles. The number of hydrogen-bond donors (Lipinski definition) is 1. The van der Waals surface area contributed by atoms with Crippen molar-refractivity contribution in [2.75, 3.05) is 29.4 Å². The summed E-state index contributed by atoms with van der Waals surface area (Å²) in [5.74, 6) is -0.822. The van der Waals surface area contributed by atoms with Gasteiger partial charge in [-0.25, -0.2) is 4.98 Å². The van der Waals surface area contributed by atoms with Crippen LogP contribution >= 0.6 is 0 Å². The molecule has 2 aliphatic heterocycles. The fourth-order valence-corrected chi connectivity index (χ4v) is 3.51. The Balaban J connectivity index is 2.00. The normalized spacial score (nSPS) is 22.9. The van der Waals surface area contributed by atoms with Gasteiger partial charge in [0.1, 0.15) is 23.3 Å². The number of hydrogen-bond acceptors (Lipinski definition) is 5. The third-order valence-electron chi connectivity index (χ3n) is 5.07. The summed E-state index contributed by atoms with van der Waals surface area (Å²) in [4.78, 5) is 18.6. The minimum absolute atomic E-state index is 0.0189. The molecule has 3 heterocycles. The van der Waals surface area contributed by atoms with Crippen molar-refractivity contribution in [2.24, 2.45) is 5.92 Å². The molecule has 0 aromatic carbocycles. The van der Waals surface area contributed by atoms with Gasteiger partial charge >= 0.3 is 12.1 Å². The summed E-state index contributed by atoms with van der Waals surface area (Å²) in [5, 5.41) is 18.2. The number of carboxylic acids is 1. The smallest absolute Gasteiger partial charge is 0.417 e. The molecule has 2 saturated heterocycles. The second-order valence-corrected chi connectivity index (χ2v) is 6.87. The summed E-state index contributed by atoms with van der Waals surface area (Å²) in [6.45, 7) is 3.23. The van der Waals surface area contributed by atoms with E-state index in [4.69, 9.17) is 5.11 Å². The van der Waals surface area contributed by atoms with Crippen molar-refractivity contribution in [2.45, 2.75) is 38.4 Å². The maximum absolute atomic E-state index is 13.5. The monoisotopic (exact) mass is 368 g/mol. The summed E-state index contributed by atoms with van der Waals surface area (Å²) >= 11 is 0. The van der Waals surface area contributed by atoms with Gasteiger partial charge in [-0.3, -0.25) is 4.79 Å². The van der Waals surface area contributed by atoms with Gasteiger partial charge in [0, 0.05) is 32.1 Å². The van der Waals surface area contributed by atoms with Gasteiger partial charge in [0.25, 0.3) is 0 Å². The number of aromatic nitrogens is 1. The van der Waals surface area contributed by atoms with Crippen LogP contribution in [-0.4, -0.2) is 41.7 Å². The minimum atomic E-state index is -4.66. The molecule has 2 atom stereocenters. The number of alkyl halides is 3. The van der Waals surface area contributed by atoms with Crippen molar-refractivity contribution in [1.29, 1.82) is 5.26 Å². The molecule has 2 aliphatic rings.